The van der Waals surface area contributed by atoms with E-state index in [0.717, 1.165) is 22.5 Å². The van der Waals surface area contributed by atoms with Crippen molar-refractivity contribution in [2.24, 2.45) is 12.0 Å². The zero-order valence-corrected chi connectivity index (χ0v) is 16.4. The van der Waals surface area contributed by atoms with Gasteiger partial charge in [-0.25, -0.2) is 9.98 Å². The van der Waals surface area contributed by atoms with Crippen LogP contribution in [0.5, 0.6) is 5.88 Å². The van der Waals surface area contributed by atoms with Crippen molar-refractivity contribution < 1.29 is 17.9 Å². The molecule has 0 aliphatic carbocycles. The molecule has 0 spiro atoms. The third kappa shape index (κ3) is 6.43. The van der Waals surface area contributed by atoms with Gasteiger partial charge < -0.3 is 15.4 Å². The Balaban J connectivity index is 1.96. The highest BCUT2D eigenvalue weighted by Crippen LogP contribution is 2.17. The largest absolute Gasteiger partial charge is 0.468 e. The second kappa shape index (κ2) is 9.43. The number of hydrogen-bond donors (Lipinski definition) is 2. The van der Waals surface area contributed by atoms with Crippen molar-refractivity contribution in [2.45, 2.75) is 40.0 Å². The van der Waals surface area contributed by atoms with E-state index in [9.17, 15) is 13.2 Å². The number of hydrogen-bond acceptors (Lipinski definition) is 4. The molecule has 2 rings (SSSR count). The number of aliphatic imine (C=N–C) groups is 1. The monoisotopic (exact) mass is 398 g/mol. The summed E-state index contributed by atoms with van der Waals surface area (Å²) in [5.74, 6) is 0.556. The van der Waals surface area contributed by atoms with Crippen LogP contribution < -0.4 is 15.4 Å². The van der Waals surface area contributed by atoms with Crippen molar-refractivity contribution in [3.63, 3.8) is 0 Å². The van der Waals surface area contributed by atoms with E-state index >= 15 is 0 Å². The van der Waals surface area contributed by atoms with Crippen molar-refractivity contribution >= 4 is 5.96 Å². The molecule has 7 nitrogen and oxygen atoms in total. The van der Waals surface area contributed by atoms with Crippen LogP contribution in [0.2, 0.25) is 0 Å². The third-order valence-corrected chi connectivity index (χ3v) is 4.04. The second-order valence-electron chi connectivity index (χ2n) is 6.23. The number of alkyl halides is 3. The second-order valence-corrected chi connectivity index (χ2v) is 6.23. The Morgan fingerprint density at radius 1 is 1.25 bits per heavy atom. The molecular weight excluding hydrogens is 373 g/mol. The molecule has 0 radical (unpaired) electrons. The summed E-state index contributed by atoms with van der Waals surface area (Å²) in [6.07, 6.45) is -2.93. The van der Waals surface area contributed by atoms with E-state index in [2.05, 4.69) is 30.4 Å². The van der Waals surface area contributed by atoms with E-state index in [0.29, 0.717) is 25.6 Å². The maximum atomic E-state index is 12.2. The van der Waals surface area contributed by atoms with Crippen molar-refractivity contribution in [3.05, 3.63) is 40.8 Å². The average Bonchev–Trinajstić information content (AvgIpc) is 2.88. The van der Waals surface area contributed by atoms with E-state index in [1.165, 1.54) is 12.3 Å². The molecule has 0 aromatic carbocycles. The first-order valence-corrected chi connectivity index (χ1v) is 8.85. The molecule has 0 bridgehead atoms. The molecule has 0 fully saturated rings. The Labute approximate surface area is 162 Å². The highest BCUT2D eigenvalue weighted by molar-refractivity contribution is 5.79. The van der Waals surface area contributed by atoms with Gasteiger partial charge in [-0.15, -0.1) is 0 Å². The lowest BCUT2D eigenvalue weighted by Gasteiger charge is -2.12. The fraction of sp³-hybridized carbons (Fsp3) is 0.500. The Bertz CT molecular complexity index is 799. The summed E-state index contributed by atoms with van der Waals surface area (Å²) < 4.78 is 42.9. The SMILES string of the molecule is CCNC(=NCc1ccc(OCC(F)(F)F)nc1)NCc1c(C)nn(C)c1C. The fourth-order valence-corrected chi connectivity index (χ4v) is 2.50. The number of guanidine groups is 1. The van der Waals surface area contributed by atoms with Crippen molar-refractivity contribution in [2.75, 3.05) is 13.2 Å². The average molecular weight is 398 g/mol. The van der Waals surface area contributed by atoms with Crippen LogP contribution >= 0.6 is 0 Å². The summed E-state index contributed by atoms with van der Waals surface area (Å²) in [5.41, 5.74) is 3.91. The maximum absolute atomic E-state index is 12.2. The lowest BCUT2D eigenvalue weighted by molar-refractivity contribution is -0.154. The summed E-state index contributed by atoms with van der Waals surface area (Å²) in [5, 5.41) is 10.8. The molecule has 0 saturated heterocycles. The third-order valence-electron chi connectivity index (χ3n) is 4.04. The Morgan fingerprint density at radius 2 is 2.00 bits per heavy atom. The summed E-state index contributed by atoms with van der Waals surface area (Å²) in [7, 11) is 1.90. The Morgan fingerprint density at radius 3 is 2.54 bits per heavy atom. The van der Waals surface area contributed by atoms with Gasteiger partial charge in [0.1, 0.15) is 0 Å². The molecule has 0 atom stereocenters. The first-order chi connectivity index (χ1) is 13.2. The Hall–Kier alpha value is -2.78. The van der Waals surface area contributed by atoms with Crippen LogP contribution in [0.1, 0.15) is 29.4 Å². The van der Waals surface area contributed by atoms with Crippen molar-refractivity contribution in [3.8, 4) is 5.88 Å². The van der Waals surface area contributed by atoms with Crippen LogP contribution in [0, 0.1) is 13.8 Å². The minimum absolute atomic E-state index is 0.0717. The van der Waals surface area contributed by atoms with Gasteiger partial charge in [0, 0.05) is 43.7 Å². The van der Waals surface area contributed by atoms with E-state index in [4.69, 9.17) is 0 Å². The number of nitrogens with zero attached hydrogens (tertiary/aromatic N) is 4. The van der Waals surface area contributed by atoms with Crippen molar-refractivity contribution in [1.29, 1.82) is 0 Å². The van der Waals surface area contributed by atoms with Gasteiger partial charge in [0.15, 0.2) is 12.6 Å². The first kappa shape index (κ1) is 21.5. The first-order valence-electron chi connectivity index (χ1n) is 8.85. The van der Waals surface area contributed by atoms with Crippen LogP contribution in [0.3, 0.4) is 0 Å². The van der Waals surface area contributed by atoms with Crippen LogP contribution in [0.15, 0.2) is 23.3 Å². The fourth-order valence-electron chi connectivity index (χ4n) is 2.50. The molecule has 0 aliphatic rings. The molecular formula is C18H25F3N6O. The van der Waals surface area contributed by atoms with Crippen LogP contribution in [-0.4, -0.2) is 40.1 Å². The van der Waals surface area contributed by atoms with Crippen LogP contribution in [0.25, 0.3) is 0 Å². The van der Waals surface area contributed by atoms with Gasteiger partial charge in [0.05, 0.1) is 12.2 Å². The number of pyridine rings is 1. The quantitative estimate of drug-likeness (QED) is 0.554. The molecule has 0 aliphatic heterocycles. The molecule has 28 heavy (non-hydrogen) atoms. The number of nitrogens with one attached hydrogen (secondary N) is 2. The number of halogens is 3. The minimum atomic E-state index is -4.39. The van der Waals surface area contributed by atoms with Crippen molar-refractivity contribution in [1.82, 2.24) is 25.4 Å². The molecule has 2 aromatic rings. The summed E-state index contributed by atoms with van der Waals surface area (Å²) in [6, 6.07) is 3.04. The van der Waals surface area contributed by atoms with Gasteiger partial charge in [0.25, 0.3) is 0 Å². The summed E-state index contributed by atoms with van der Waals surface area (Å²) >= 11 is 0. The zero-order chi connectivity index (χ0) is 20.7. The predicted molar refractivity (Wildman–Crippen MR) is 100 cm³/mol. The highest BCUT2D eigenvalue weighted by Gasteiger charge is 2.28. The number of ether oxygens (including phenoxy) is 1. The standard InChI is InChI=1S/C18H25F3N6O/c1-5-22-17(25-10-15-12(2)26-27(4)13(15)3)24-9-14-6-7-16(23-8-14)28-11-18(19,20)21/h6-8H,5,9-11H2,1-4H3,(H2,22,24,25). The summed E-state index contributed by atoms with van der Waals surface area (Å²) in [6.45, 7) is 6.18. The van der Waals surface area contributed by atoms with E-state index in [1.807, 2.05) is 32.5 Å². The van der Waals surface area contributed by atoms with E-state index in [-0.39, 0.29) is 5.88 Å². The topological polar surface area (TPSA) is 76.4 Å². The molecule has 0 unspecified atom stereocenters. The van der Waals surface area contributed by atoms with Gasteiger partial charge in [-0.3, -0.25) is 4.68 Å². The molecule has 2 aromatic heterocycles. The molecule has 0 amide bonds. The maximum Gasteiger partial charge on any atom is 0.422 e. The molecule has 2 N–H and O–H groups in total. The van der Waals surface area contributed by atoms with E-state index < -0.39 is 12.8 Å². The van der Waals surface area contributed by atoms with E-state index in [1.54, 1.807) is 6.07 Å². The molecule has 154 valence electrons. The van der Waals surface area contributed by atoms with Crippen LogP contribution in [-0.2, 0) is 20.1 Å². The smallest absolute Gasteiger partial charge is 0.422 e. The number of aromatic nitrogens is 3. The van der Waals surface area contributed by atoms with Gasteiger partial charge >= 0.3 is 6.18 Å². The predicted octanol–water partition coefficient (Wildman–Crippen LogP) is 2.63. The van der Waals surface area contributed by atoms with Crippen LogP contribution in [0.4, 0.5) is 13.2 Å². The van der Waals surface area contributed by atoms with Gasteiger partial charge in [-0.1, -0.05) is 6.07 Å². The van der Waals surface area contributed by atoms with Gasteiger partial charge in [0.2, 0.25) is 5.88 Å². The lowest BCUT2D eigenvalue weighted by atomic mass is 10.2. The molecule has 10 heteroatoms. The normalized spacial score (nSPS) is 12.2. The number of rotatable bonds is 7. The van der Waals surface area contributed by atoms with Gasteiger partial charge in [-0.2, -0.15) is 18.3 Å². The summed E-state index contributed by atoms with van der Waals surface area (Å²) in [4.78, 5) is 8.37. The molecule has 0 saturated carbocycles. The zero-order valence-electron chi connectivity index (χ0n) is 16.4. The lowest BCUT2D eigenvalue weighted by Crippen LogP contribution is -2.37. The minimum Gasteiger partial charge on any atom is -0.468 e. The number of aryl methyl sites for hydroxylation is 2. The van der Waals surface area contributed by atoms with Gasteiger partial charge in [-0.05, 0) is 26.3 Å². The molecule has 2 heterocycles. The highest BCUT2D eigenvalue weighted by atomic mass is 19.4. The Kier molecular flexibility index (Phi) is 7.24.